The fourth-order valence-corrected chi connectivity index (χ4v) is 2.99. The molecule has 1 heterocycles. The van der Waals surface area contributed by atoms with Crippen molar-refractivity contribution in [2.45, 2.75) is 32.3 Å². The minimum Gasteiger partial charge on any atom is -0.367 e. The molecule has 0 aliphatic carbocycles. The second kappa shape index (κ2) is 6.61. The van der Waals surface area contributed by atoms with Crippen molar-refractivity contribution in [2.24, 2.45) is 0 Å². The standard InChI is InChI=1S/C19H23NO2/c1-14-8-10-16(11-9-14)15(2)20-12-18(22-19(21)13-20)17-6-4-3-5-7-17/h3-11,15,18-19,21H,12-13H2,1-2H3. The average Bonchev–Trinajstić information content (AvgIpc) is 2.55. The lowest BCUT2D eigenvalue weighted by Crippen LogP contribution is -2.45. The first-order chi connectivity index (χ1) is 10.6. The Kier molecular flexibility index (Phi) is 4.57. The zero-order valence-corrected chi connectivity index (χ0v) is 13.1. The van der Waals surface area contributed by atoms with Crippen LogP contribution in [0.3, 0.4) is 0 Å². The molecule has 0 spiro atoms. The summed E-state index contributed by atoms with van der Waals surface area (Å²) >= 11 is 0. The van der Waals surface area contributed by atoms with Crippen molar-refractivity contribution in [3.8, 4) is 0 Å². The largest absolute Gasteiger partial charge is 0.367 e. The number of nitrogens with zero attached hydrogens (tertiary/aromatic N) is 1. The summed E-state index contributed by atoms with van der Waals surface area (Å²) in [6.45, 7) is 5.61. The topological polar surface area (TPSA) is 32.7 Å². The van der Waals surface area contributed by atoms with Crippen LogP contribution in [0.5, 0.6) is 0 Å². The third-order valence-corrected chi connectivity index (χ3v) is 4.39. The lowest BCUT2D eigenvalue weighted by Gasteiger charge is -2.39. The fourth-order valence-electron chi connectivity index (χ4n) is 2.99. The highest BCUT2D eigenvalue weighted by Gasteiger charge is 2.30. The van der Waals surface area contributed by atoms with E-state index in [4.69, 9.17) is 4.74 Å². The maximum Gasteiger partial charge on any atom is 0.168 e. The summed E-state index contributed by atoms with van der Waals surface area (Å²) < 4.78 is 5.72. The van der Waals surface area contributed by atoms with Gasteiger partial charge in [-0.05, 0) is 25.0 Å². The third kappa shape index (κ3) is 3.38. The van der Waals surface area contributed by atoms with Crippen LogP contribution in [-0.4, -0.2) is 29.4 Å². The number of β-amino-alcohol motifs (C(OH)–C–C–N with tert-alkyl or cyclic N) is 1. The Labute approximate surface area is 132 Å². The monoisotopic (exact) mass is 297 g/mol. The minimum atomic E-state index is -0.744. The van der Waals surface area contributed by atoms with Gasteiger partial charge in [0.05, 0.1) is 12.6 Å². The number of hydrogen-bond acceptors (Lipinski definition) is 3. The lowest BCUT2D eigenvalue weighted by molar-refractivity contribution is -0.191. The van der Waals surface area contributed by atoms with Gasteiger partial charge in [-0.25, -0.2) is 0 Å². The van der Waals surface area contributed by atoms with Crippen LogP contribution in [-0.2, 0) is 4.74 Å². The molecule has 116 valence electrons. The number of rotatable bonds is 3. The summed E-state index contributed by atoms with van der Waals surface area (Å²) in [6.07, 6.45) is -0.829. The predicted octanol–water partition coefficient (Wildman–Crippen LogP) is 3.45. The van der Waals surface area contributed by atoms with E-state index in [1.54, 1.807) is 0 Å². The predicted molar refractivity (Wildman–Crippen MR) is 87.4 cm³/mol. The Bertz CT molecular complexity index is 597. The van der Waals surface area contributed by atoms with E-state index in [1.807, 2.05) is 18.2 Å². The highest BCUT2D eigenvalue weighted by atomic mass is 16.6. The first kappa shape index (κ1) is 15.2. The molecule has 3 atom stereocenters. The van der Waals surface area contributed by atoms with Gasteiger partial charge in [0.2, 0.25) is 0 Å². The van der Waals surface area contributed by atoms with Gasteiger partial charge in [-0.3, -0.25) is 4.90 Å². The number of ether oxygens (including phenoxy) is 1. The van der Waals surface area contributed by atoms with Gasteiger partial charge in [0.1, 0.15) is 0 Å². The van der Waals surface area contributed by atoms with Crippen molar-refractivity contribution in [1.82, 2.24) is 4.90 Å². The summed E-state index contributed by atoms with van der Waals surface area (Å²) in [7, 11) is 0. The van der Waals surface area contributed by atoms with E-state index in [1.165, 1.54) is 11.1 Å². The second-order valence-corrected chi connectivity index (χ2v) is 6.03. The van der Waals surface area contributed by atoms with E-state index in [9.17, 15) is 5.11 Å². The van der Waals surface area contributed by atoms with Crippen LogP contribution in [0, 0.1) is 6.92 Å². The number of hydrogen-bond donors (Lipinski definition) is 1. The number of aliphatic hydroxyl groups excluding tert-OH is 1. The molecule has 1 aliphatic heterocycles. The van der Waals surface area contributed by atoms with Crippen LogP contribution in [0.1, 0.15) is 35.8 Å². The molecule has 1 aliphatic rings. The van der Waals surface area contributed by atoms with Crippen LogP contribution >= 0.6 is 0 Å². The highest BCUT2D eigenvalue weighted by molar-refractivity contribution is 5.24. The molecule has 3 heteroatoms. The Balaban J connectivity index is 1.77. The van der Waals surface area contributed by atoms with Crippen molar-refractivity contribution in [3.05, 3.63) is 71.3 Å². The molecule has 3 unspecified atom stereocenters. The molecular weight excluding hydrogens is 274 g/mol. The zero-order chi connectivity index (χ0) is 15.5. The highest BCUT2D eigenvalue weighted by Crippen LogP contribution is 2.30. The summed E-state index contributed by atoms with van der Waals surface area (Å²) in [5, 5.41) is 10.1. The molecule has 2 aromatic carbocycles. The molecule has 1 N–H and O–H groups in total. The minimum absolute atomic E-state index is 0.0853. The molecule has 3 nitrogen and oxygen atoms in total. The number of morpholine rings is 1. The maximum absolute atomic E-state index is 10.1. The van der Waals surface area contributed by atoms with Gasteiger partial charge in [0.15, 0.2) is 6.29 Å². The lowest BCUT2D eigenvalue weighted by atomic mass is 10.0. The summed E-state index contributed by atoms with van der Waals surface area (Å²) in [6, 6.07) is 19.0. The van der Waals surface area contributed by atoms with Crippen molar-refractivity contribution < 1.29 is 9.84 Å². The van der Waals surface area contributed by atoms with E-state index >= 15 is 0 Å². The molecule has 2 aromatic rings. The van der Waals surface area contributed by atoms with Crippen LogP contribution < -0.4 is 0 Å². The van der Waals surface area contributed by atoms with Crippen LogP contribution in [0.25, 0.3) is 0 Å². The van der Waals surface area contributed by atoms with Crippen molar-refractivity contribution in [1.29, 1.82) is 0 Å². The van der Waals surface area contributed by atoms with Gasteiger partial charge in [-0.15, -0.1) is 0 Å². The Hall–Kier alpha value is -1.68. The Morgan fingerprint density at radius 3 is 2.41 bits per heavy atom. The molecule has 0 amide bonds. The second-order valence-electron chi connectivity index (χ2n) is 6.03. The molecule has 0 saturated carbocycles. The van der Waals surface area contributed by atoms with E-state index in [0.717, 1.165) is 12.1 Å². The molecule has 0 aromatic heterocycles. The normalized spacial score (nSPS) is 24.1. The number of benzene rings is 2. The molecule has 0 bridgehead atoms. The van der Waals surface area contributed by atoms with Gasteiger partial charge < -0.3 is 9.84 Å². The Morgan fingerprint density at radius 1 is 1.05 bits per heavy atom. The van der Waals surface area contributed by atoms with Crippen molar-refractivity contribution in [3.63, 3.8) is 0 Å². The quantitative estimate of drug-likeness (QED) is 0.942. The molecule has 3 rings (SSSR count). The van der Waals surface area contributed by atoms with E-state index in [2.05, 4.69) is 55.1 Å². The molecule has 1 fully saturated rings. The van der Waals surface area contributed by atoms with Gasteiger partial charge >= 0.3 is 0 Å². The van der Waals surface area contributed by atoms with Crippen LogP contribution in [0.15, 0.2) is 54.6 Å². The van der Waals surface area contributed by atoms with Gasteiger partial charge in [0.25, 0.3) is 0 Å². The maximum atomic E-state index is 10.1. The Morgan fingerprint density at radius 2 is 1.73 bits per heavy atom. The molecule has 1 saturated heterocycles. The molecular formula is C19H23NO2. The van der Waals surface area contributed by atoms with Crippen LogP contribution in [0.2, 0.25) is 0 Å². The van der Waals surface area contributed by atoms with Gasteiger partial charge in [-0.2, -0.15) is 0 Å². The van der Waals surface area contributed by atoms with Crippen molar-refractivity contribution in [2.75, 3.05) is 13.1 Å². The van der Waals surface area contributed by atoms with E-state index in [-0.39, 0.29) is 12.1 Å². The van der Waals surface area contributed by atoms with Crippen LogP contribution in [0.4, 0.5) is 0 Å². The van der Waals surface area contributed by atoms with Gasteiger partial charge in [-0.1, -0.05) is 60.2 Å². The van der Waals surface area contributed by atoms with Crippen molar-refractivity contribution >= 4 is 0 Å². The summed E-state index contributed by atoms with van der Waals surface area (Å²) in [5.41, 5.74) is 3.65. The van der Waals surface area contributed by atoms with E-state index < -0.39 is 6.29 Å². The number of aryl methyl sites for hydroxylation is 1. The SMILES string of the molecule is Cc1ccc(C(C)N2CC(O)OC(c3ccccc3)C2)cc1. The average molecular weight is 297 g/mol. The van der Waals surface area contributed by atoms with E-state index in [0.29, 0.717) is 6.54 Å². The number of aliphatic hydroxyl groups is 1. The zero-order valence-electron chi connectivity index (χ0n) is 13.1. The molecule has 22 heavy (non-hydrogen) atoms. The first-order valence-electron chi connectivity index (χ1n) is 7.82. The summed E-state index contributed by atoms with van der Waals surface area (Å²) in [4.78, 5) is 2.29. The summed E-state index contributed by atoms with van der Waals surface area (Å²) in [5.74, 6) is 0. The first-order valence-corrected chi connectivity index (χ1v) is 7.82. The third-order valence-electron chi connectivity index (χ3n) is 4.39. The fraction of sp³-hybridized carbons (Fsp3) is 0.368. The molecule has 0 radical (unpaired) electrons. The van der Waals surface area contributed by atoms with Gasteiger partial charge in [0, 0.05) is 12.6 Å². The smallest absolute Gasteiger partial charge is 0.168 e.